The van der Waals surface area contributed by atoms with E-state index in [0.717, 1.165) is 11.1 Å². The van der Waals surface area contributed by atoms with Crippen LogP contribution < -0.4 is 10.1 Å². The molecule has 3 aromatic rings. The van der Waals surface area contributed by atoms with Gasteiger partial charge >= 0.3 is 12.6 Å². The fourth-order valence-electron chi connectivity index (χ4n) is 2.78. The van der Waals surface area contributed by atoms with Crippen molar-refractivity contribution in [3.8, 4) is 5.75 Å². The van der Waals surface area contributed by atoms with Crippen LogP contribution in [-0.2, 0) is 22.5 Å². The van der Waals surface area contributed by atoms with Gasteiger partial charge in [-0.25, -0.2) is 9.48 Å². The Morgan fingerprint density at radius 2 is 1.93 bits per heavy atom. The van der Waals surface area contributed by atoms with E-state index in [9.17, 15) is 18.4 Å². The first-order chi connectivity index (χ1) is 14.5. The monoisotopic (exact) mass is 418 g/mol. The van der Waals surface area contributed by atoms with Crippen molar-refractivity contribution in [2.45, 2.75) is 26.5 Å². The maximum atomic E-state index is 12.2. The molecular weight excluding hydrogens is 398 g/mol. The van der Waals surface area contributed by atoms with E-state index >= 15 is 0 Å². The van der Waals surface area contributed by atoms with Crippen LogP contribution in [0, 0.1) is 0 Å². The molecular formula is C20H20F2N4O4. The molecule has 30 heavy (non-hydrogen) atoms. The Morgan fingerprint density at radius 3 is 2.63 bits per heavy atom. The van der Waals surface area contributed by atoms with E-state index in [1.165, 1.54) is 12.1 Å². The fourth-order valence-corrected chi connectivity index (χ4v) is 2.78. The van der Waals surface area contributed by atoms with Crippen LogP contribution >= 0.6 is 0 Å². The summed E-state index contributed by atoms with van der Waals surface area (Å²) >= 11 is 0. The Kier molecular flexibility index (Phi) is 6.89. The van der Waals surface area contributed by atoms with E-state index in [1.807, 2.05) is 6.92 Å². The van der Waals surface area contributed by atoms with Crippen molar-refractivity contribution >= 4 is 22.9 Å². The highest BCUT2D eigenvalue weighted by atomic mass is 19.3. The number of aromatic nitrogens is 3. The fraction of sp³-hybridized carbons (Fsp3) is 0.300. The third kappa shape index (κ3) is 5.49. The van der Waals surface area contributed by atoms with E-state index in [1.54, 1.807) is 35.0 Å². The van der Waals surface area contributed by atoms with Crippen molar-refractivity contribution in [2.24, 2.45) is 0 Å². The Morgan fingerprint density at radius 1 is 1.17 bits per heavy atom. The number of rotatable bonds is 9. The van der Waals surface area contributed by atoms with Crippen LogP contribution in [0.25, 0.3) is 11.0 Å². The molecule has 0 fully saturated rings. The summed E-state index contributed by atoms with van der Waals surface area (Å²) in [7, 11) is 0. The summed E-state index contributed by atoms with van der Waals surface area (Å²) in [6.45, 7) is -0.387. The van der Waals surface area contributed by atoms with Gasteiger partial charge in [0.05, 0.1) is 11.1 Å². The Balaban J connectivity index is 1.42. The molecule has 0 bridgehead atoms. The smallest absolute Gasteiger partial charge is 0.387 e. The van der Waals surface area contributed by atoms with Gasteiger partial charge in [0.2, 0.25) is 0 Å². The molecule has 10 heteroatoms. The number of nitrogens with one attached hydrogen (secondary N) is 1. The molecule has 3 rings (SSSR count). The van der Waals surface area contributed by atoms with Crippen LogP contribution in [0.3, 0.4) is 0 Å². The first kappa shape index (κ1) is 21.2. The molecule has 1 amide bonds. The molecule has 0 atom stereocenters. The van der Waals surface area contributed by atoms with Crippen molar-refractivity contribution in [1.82, 2.24) is 20.3 Å². The van der Waals surface area contributed by atoms with Gasteiger partial charge in [-0.05, 0) is 49.2 Å². The Hall–Kier alpha value is -3.56. The number of ether oxygens (including phenoxy) is 2. The average Bonchev–Trinajstić information content (AvgIpc) is 3.15. The summed E-state index contributed by atoms with van der Waals surface area (Å²) < 4.78 is 35.3. The normalized spacial score (nSPS) is 10.9. The summed E-state index contributed by atoms with van der Waals surface area (Å²) in [6, 6.07) is 11.0. The van der Waals surface area contributed by atoms with Crippen LogP contribution in [0.4, 0.5) is 8.78 Å². The third-order valence-corrected chi connectivity index (χ3v) is 4.27. The topological polar surface area (TPSA) is 95.3 Å². The highest BCUT2D eigenvalue weighted by Crippen LogP contribution is 2.15. The second-order valence-electron chi connectivity index (χ2n) is 6.31. The predicted molar refractivity (Wildman–Crippen MR) is 103 cm³/mol. The first-order valence-electron chi connectivity index (χ1n) is 9.27. The lowest BCUT2D eigenvalue weighted by Crippen LogP contribution is -2.30. The van der Waals surface area contributed by atoms with Gasteiger partial charge in [0, 0.05) is 13.1 Å². The average molecular weight is 418 g/mol. The number of hydrogen-bond acceptors (Lipinski definition) is 6. The lowest BCUT2D eigenvalue weighted by molar-refractivity contribution is -0.124. The highest BCUT2D eigenvalue weighted by Gasteiger charge is 2.13. The molecule has 0 radical (unpaired) electrons. The van der Waals surface area contributed by atoms with Crippen LogP contribution in [0.15, 0.2) is 42.5 Å². The molecule has 8 nitrogen and oxygen atoms in total. The number of benzene rings is 2. The second-order valence-corrected chi connectivity index (χ2v) is 6.31. The number of esters is 1. The molecule has 0 saturated carbocycles. The number of fused-ring (bicyclic) bond motifs is 1. The SMILES string of the molecule is CCn1nnc2cc(C(=O)OCC(=O)NCCc3ccc(OC(F)F)cc3)ccc21. The summed E-state index contributed by atoms with van der Waals surface area (Å²) in [5.74, 6) is -1.01. The number of amides is 1. The Bertz CT molecular complexity index is 1020. The summed E-state index contributed by atoms with van der Waals surface area (Å²) in [4.78, 5) is 24.0. The van der Waals surface area contributed by atoms with E-state index in [4.69, 9.17) is 4.74 Å². The van der Waals surface area contributed by atoms with Crippen molar-refractivity contribution in [3.63, 3.8) is 0 Å². The number of alkyl halides is 2. The molecule has 2 aromatic carbocycles. The minimum absolute atomic E-state index is 0.0696. The van der Waals surface area contributed by atoms with Gasteiger partial charge in [0.15, 0.2) is 6.61 Å². The molecule has 0 aliphatic carbocycles. The zero-order valence-corrected chi connectivity index (χ0v) is 16.2. The van der Waals surface area contributed by atoms with Crippen molar-refractivity contribution < 1.29 is 27.8 Å². The lowest BCUT2D eigenvalue weighted by Gasteiger charge is -2.08. The molecule has 0 aliphatic rings. The van der Waals surface area contributed by atoms with E-state index in [0.29, 0.717) is 25.0 Å². The third-order valence-electron chi connectivity index (χ3n) is 4.27. The number of carbonyl (C=O) groups is 2. The molecule has 158 valence electrons. The van der Waals surface area contributed by atoms with E-state index in [-0.39, 0.29) is 11.3 Å². The number of nitrogens with zero attached hydrogens (tertiary/aromatic N) is 3. The molecule has 0 unspecified atom stereocenters. The van der Waals surface area contributed by atoms with Crippen molar-refractivity contribution in [1.29, 1.82) is 0 Å². The van der Waals surface area contributed by atoms with Crippen molar-refractivity contribution in [2.75, 3.05) is 13.2 Å². The number of hydrogen-bond donors (Lipinski definition) is 1. The predicted octanol–water partition coefficient (Wildman–Crippen LogP) is 2.57. The second kappa shape index (κ2) is 9.77. The largest absolute Gasteiger partial charge is 0.452 e. The van der Waals surface area contributed by atoms with E-state index in [2.05, 4.69) is 20.4 Å². The van der Waals surface area contributed by atoms with E-state index < -0.39 is 25.1 Å². The van der Waals surface area contributed by atoms with Gasteiger partial charge in [-0.3, -0.25) is 4.79 Å². The van der Waals surface area contributed by atoms with Crippen LogP contribution in [0.1, 0.15) is 22.8 Å². The minimum atomic E-state index is -2.87. The maximum Gasteiger partial charge on any atom is 0.387 e. The van der Waals surface area contributed by atoms with Crippen LogP contribution in [-0.4, -0.2) is 46.6 Å². The first-order valence-corrected chi connectivity index (χ1v) is 9.27. The van der Waals surface area contributed by atoms with Gasteiger partial charge in [0.1, 0.15) is 11.3 Å². The lowest BCUT2D eigenvalue weighted by atomic mass is 10.1. The number of aryl methyl sites for hydroxylation is 1. The number of carbonyl (C=O) groups excluding carboxylic acids is 2. The molecule has 0 aliphatic heterocycles. The summed E-state index contributed by atoms with van der Waals surface area (Å²) in [6.07, 6.45) is 0.485. The molecule has 1 aromatic heterocycles. The maximum absolute atomic E-state index is 12.2. The molecule has 1 N–H and O–H groups in total. The van der Waals surface area contributed by atoms with Crippen LogP contribution in [0.2, 0.25) is 0 Å². The minimum Gasteiger partial charge on any atom is -0.452 e. The quantitative estimate of drug-likeness (QED) is 0.537. The van der Waals surface area contributed by atoms with Crippen LogP contribution in [0.5, 0.6) is 5.75 Å². The van der Waals surface area contributed by atoms with Gasteiger partial charge < -0.3 is 14.8 Å². The van der Waals surface area contributed by atoms with Crippen molar-refractivity contribution in [3.05, 3.63) is 53.6 Å². The molecule has 0 saturated heterocycles. The highest BCUT2D eigenvalue weighted by molar-refractivity contribution is 5.94. The Labute approximate surface area is 170 Å². The summed E-state index contributed by atoms with van der Waals surface area (Å²) in [5.41, 5.74) is 2.49. The molecule has 0 spiro atoms. The standard InChI is InChI=1S/C20H20F2N4O4/c1-2-26-17-8-5-14(11-16(17)24-25-26)19(28)29-12-18(27)23-10-9-13-3-6-15(7-4-13)30-20(21)22/h3-8,11,20H,2,9-10,12H2,1H3,(H,23,27). The summed E-state index contributed by atoms with van der Waals surface area (Å²) in [5, 5.41) is 10.6. The zero-order chi connectivity index (χ0) is 21.5. The van der Waals surface area contributed by atoms with Gasteiger partial charge in [-0.2, -0.15) is 8.78 Å². The van der Waals surface area contributed by atoms with Gasteiger partial charge in [-0.15, -0.1) is 5.10 Å². The van der Waals surface area contributed by atoms with Gasteiger partial charge in [-0.1, -0.05) is 17.3 Å². The number of halogens is 2. The molecule has 1 heterocycles. The zero-order valence-electron chi connectivity index (χ0n) is 16.2. The van der Waals surface area contributed by atoms with Gasteiger partial charge in [0.25, 0.3) is 5.91 Å².